The van der Waals surface area contributed by atoms with Gasteiger partial charge in [0.2, 0.25) is 0 Å². The third-order valence-corrected chi connectivity index (χ3v) is 10.4. The van der Waals surface area contributed by atoms with Gasteiger partial charge in [0.25, 0.3) is 5.91 Å². The van der Waals surface area contributed by atoms with Crippen molar-refractivity contribution in [2.24, 2.45) is 25.7 Å². The molecule has 5 heterocycles. The molecule has 3 fully saturated rings. The first-order chi connectivity index (χ1) is 22.2. The molecule has 0 radical (unpaired) electrons. The van der Waals surface area contributed by atoms with Gasteiger partial charge in [0.1, 0.15) is 11.3 Å². The van der Waals surface area contributed by atoms with Crippen LogP contribution in [0.15, 0.2) is 48.8 Å². The largest absolute Gasteiger partial charge is 0.494 e. The number of aromatic nitrogens is 5. The molecule has 2 amide bonds. The van der Waals surface area contributed by atoms with Gasteiger partial charge in [0, 0.05) is 74.4 Å². The monoisotopic (exact) mass is 622 g/mol. The van der Waals surface area contributed by atoms with E-state index in [9.17, 15) is 9.59 Å². The standard InChI is InChI=1S/C34H38N8O4/c1-38-14-19(13-36-38)15-42-31-25(10-22(12-28(31)45-3)33(43)41-18-21-8-9-26(41)29(21)35)37-32(42)27-11-20-6-5-7-24(30(20)39(27)2)23-16-40(17-23)34(44)46-4/h5-7,10-14,21,23,26,29H,8-9,15-18,35H2,1-4H3/t21-,26-,29-/m1/s1. The zero-order valence-corrected chi connectivity index (χ0v) is 26.5. The number of ether oxygens (including phenoxy) is 2. The second kappa shape index (κ2) is 10.6. The number of carbonyl (C=O) groups is 2. The molecule has 1 saturated carbocycles. The van der Waals surface area contributed by atoms with Crippen LogP contribution in [0.1, 0.15) is 40.2 Å². The number of nitrogens with two attached hydrogens (primary N) is 1. The summed E-state index contributed by atoms with van der Waals surface area (Å²) in [6, 6.07) is 12.3. The zero-order valence-electron chi connectivity index (χ0n) is 26.5. The lowest BCUT2D eigenvalue weighted by Gasteiger charge is -2.38. The van der Waals surface area contributed by atoms with E-state index >= 15 is 0 Å². The number of fused-ring (bicyclic) bond motifs is 4. The molecular formula is C34H38N8O4. The van der Waals surface area contributed by atoms with Crippen LogP contribution in [0.2, 0.25) is 0 Å². The highest BCUT2D eigenvalue weighted by atomic mass is 16.5. The van der Waals surface area contributed by atoms with Crippen LogP contribution in [0.4, 0.5) is 4.79 Å². The number of aryl methyl sites for hydroxylation is 2. The SMILES string of the molecule is COC(=O)N1CC(c2cccc3cc(-c4nc5cc(C(=O)N6C[C@H]7CC[C@@H]6[C@@H]7N)cc(OC)c5n4Cc4cnn(C)c4)n(C)c23)C1. The molecule has 2 aromatic carbocycles. The molecule has 12 heteroatoms. The van der Waals surface area contributed by atoms with Crippen molar-refractivity contribution in [2.45, 2.75) is 37.4 Å². The van der Waals surface area contributed by atoms with Gasteiger partial charge in [0.05, 0.1) is 43.7 Å². The van der Waals surface area contributed by atoms with Gasteiger partial charge in [-0.05, 0) is 42.5 Å². The Kier molecular flexibility index (Phi) is 6.61. The molecule has 238 valence electrons. The fraction of sp³-hybridized carbons (Fsp3) is 0.412. The van der Waals surface area contributed by atoms with Crippen LogP contribution < -0.4 is 10.5 Å². The Hall–Kier alpha value is -4.84. The van der Waals surface area contributed by atoms with E-state index < -0.39 is 0 Å². The summed E-state index contributed by atoms with van der Waals surface area (Å²) in [4.78, 5) is 34.8. The third-order valence-electron chi connectivity index (χ3n) is 10.4. The number of imidazole rings is 1. The van der Waals surface area contributed by atoms with Gasteiger partial charge in [-0.3, -0.25) is 9.48 Å². The first-order valence-electron chi connectivity index (χ1n) is 15.8. The second-order valence-corrected chi connectivity index (χ2v) is 13.0. The van der Waals surface area contributed by atoms with Crippen molar-refractivity contribution in [1.29, 1.82) is 0 Å². The van der Waals surface area contributed by atoms with Crippen molar-refractivity contribution in [3.05, 3.63) is 65.5 Å². The maximum Gasteiger partial charge on any atom is 0.409 e. The molecule has 3 aromatic heterocycles. The van der Waals surface area contributed by atoms with E-state index in [0.29, 0.717) is 48.9 Å². The molecule has 2 saturated heterocycles. The maximum absolute atomic E-state index is 13.9. The molecule has 12 nitrogen and oxygen atoms in total. The normalized spacial score (nSPS) is 21.0. The number of methoxy groups -OCH3 is 2. The van der Waals surface area contributed by atoms with E-state index in [1.165, 1.54) is 12.7 Å². The minimum atomic E-state index is -0.299. The fourth-order valence-corrected chi connectivity index (χ4v) is 7.99. The van der Waals surface area contributed by atoms with E-state index in [1.807, 2.05) is 36.5 Å². The van der Waals surface area contributed by atoms with Gasteiger partial charge in [-0.15, -0.1) is 0 Å². The summed E-state index contributed by atoms with van der Waals surface area (Å²) in [5.74, 6) is 1.90. The fourth-order valence-electron chi connectivity index (χ4n) is 7.99. The zero-order chi connectivity index (χ0) is 31.9. The number of piperidine rings is 1. The quantitative estimate of drug-likeness (QED) is 0.306. The number of nitrogens with zero attached hydrogens (tertiary/aromatic N) is 7. The highest BCUT2D eigenvalue weighted by Crippen LogP contribution is 2.41. The lowest BCUT2D eigenvalue weighted by molar-refractivity contribution is 0.0700. The first-order valence-corrected chi connectivity index (χ1v) is 15.8. The number of carbonyl (C=O) groups excluding carboxylic acids is 2. The summed E-state index contributed by atoms with van der Waals surface area (Å²) in [5.41, 5.74) is 12.8. The maximum atomic E-state index is 13.9. The molecule has 3 aliphatic rings. The Balaban J connectivity index is 1.25. The van der Waals surface area contributed by atoms with E-state index in [4.69, 9.17) is 20.2 Å². The highest BCUT2D eigenvalue weighted by molar-refractivity contribution is 6.01. The number of likely N-dealkylation sites (tertiary alicyclic amines) is 2. The van der Waals surface area contributed by atoms with Crippen LogP contribution in [0.25, 0.3) is 33.5 Å². The van der Waals surface area contributed by atoms with Crippen LogP contribution in [-0.4, -0.2) is 91.6 Å². The Bertz CT molecular complexity index is 2020. The topological polar surface area (TPSA) is 126 Å². The highest BCUT2D eigenvalue weighted by Gasteiger charge is 2.47. The van der Waals surface area contributed by atoms with Crippen molar-refractivity contribution in [3.63, 3.8) is 0 Å². The van der Waals surface area contributed by atoms with Gasteiger partial charge in [-0.2, -0.15) is 5.10 Å². The van der Waals surface area contributed by atoms with Crippen LogP contribution in [-0.2, 0) is 25.4 Å². The molecular weight excluding hydrogens is 584 g/mol. The summed E-state index contributed by atoms with van der Waals surface area (Å²) >= 11 is 0. The molecule has 0 unspecified atom stereocenters. The number of benzene rings is 2. The van der Waals surface area contributed by atoms with Crippen LogP contribution in [0.3, 0.4) is 0 Å². The minimum absolute atomic E-state index is 0.0260. The van der Waals surface area contributed by atoms with Crippen molar-refractivity contribution in [3.8, 4) is 17.3 Å². The van der Waals surface area contributed by atoms with E-state index in [0.717, 1.165) is 46.3 Å². The second-order valence-electron chi connectivity index (χ2n) is 13.0. The molecule has 1 aliphatic carbocycles. The Morgan fingerprint density at radius 1 is 1.04 bits per heavy atom. The molecule has 8 rings (SSSR count). The summed E-state index contributed by atoms with van der Waals surface area (Å²) in [6.07, 6.45) is 5.58. The average molecular weight is 623 g/mol. The molecule has 2 bridgehead atoms. The predicted molar refractivity (Wildman–Crippen MR) is 173 cm³/mol. The van der Waals surface area contributed by atoms with Gasteiger partial charge in [-0.25, -0.2) is 9.78 Å². The summed E-state index contributed by atoms with van der Waals surface area (Å²) < 4.78 is 17.0. The van der Waals surface area contributed by atoms with Crippen molar-refractivity contribution in [1.82, 2.24) is 33.7 Å². The smallest absolute Gasteiger partial charge is 0.409 e. The number of para-hydroxylation sites is 1. The van der Waals surface area contributed by atoms with Gasteiger partial charge >= 0.3 is 6.09 Å². The first kappa shape index (κ1) is 28.6. The molecule has 3 atom stereocenters. The predicted octanol–water partition coefficient (Wildman–Crippen LogP) is 3.71. The van der Waals surface area contributed by atoms with Crippen LogP contribution in [0, 0.1) is 5.92 Å². The summed E-state index contributed by atoms with van der Waals surface area (Å²) in [5, 5.41) is 5.49. The molecule has 46 heavy (non-hydrogen) atoms. The minimum Gasteiger partial charge on any atom is -0.494 e. The van der Waals surface area contributed by atoms with Crippen molar-refractivity contribution in [2.75, 3.05) is 33.9 Å². The van der Waals surface area contributed by atoms with Crippen LogP contribution >= 0.6 is 0 Å². The molecule has 2 aliphatic heterocycles. The third kappa shape index (κ3) is 4.30. The average Bonchev–Trinajstić information content (AvgIpc) is 3.85. The Morgan fingerprint density at radius 2 is 1.87 bits per heavy atom. The van der Waals surface area contributed by atoms with Crippen molar-refractivity contribution < 1.29 is 19.1 Å². The van der Waals surface area contributed by atoms with Gasteiger partial charge in [0.15, 0.2) is 5.82 Å². The van der Waals surface area contributed by atoms with E-state index in [1.54, 1.807) is 16.7 Å². The number of rotatable bonds is 6. The van der Waals surface area contributed by atoms with E-state index in [2.05, 4.69) is 45.5 Å². The molecule has 5 aromatic rings. The lowest BCUT2D eigenvalue weighted by atomic mass is 9.90. The summed E-state index contributed by atoms with van der Waals surface area (Å²) in [7, 11) is 7.01. The number of amides is 2. The number of hydrogen-bond donors (Lipinski definition) is 1. The summed E-state index contributed by atoms with van der Waals surface area (Å²) in [6.45, 7) is 2.44. The Labute approximate surface area is 266 Å². The van der Waals surface area contributed by atoms with Crippen molar-refractivity contribution >= 4 is 33.9 Å². The molecule has 2 N–H and O–H groups in total. The Morgan fingerprint density at radius 3 is 2.54 bits per heavy atom. The number of hydrogen-bond acceptors (Lipinski definition) is 7. The lowest BCUT2D eigenvalue weighted by Crippen LogP contribution is -2.48. The van der Waals surface area contributed by atoms with Gasteiger partial charge in [-0.1, -0.05) is 18.2 Å². The van der Waals surface area contributed by atoms with E-state index in [-0.39, 0.29) is 30.0 Å². The molecule has 0 spiro atoms. The van der Waals surface area contributed by atoms with Gasteiger partial charge < -0.3 is 34.1 Å². The van der Waals surface area contributed by atoms with Crippen LogP contribution in [0.5, 0.6) is 5.75 Å².